The van der Waals surface area contributed by atoms with E-state index < -0.39 is 0 Å². The van der Waals surface area contributed by atoms with Gasteiger partial charge in [0, 0.05) is 36.9 Å². The van der Waals surface area contributed by atoms with E-state index in [0.717, 1.165) is 37.3 Å². The predicted molar refractivity (Wildman–Crippen MR) is 135 cm³/mol. The van der Waals surface area contributed by atoms with Gasteiger partial charge in [0.25, 0.3) is 0 Å². The summed E-state index contributed by atoms with van der Waals surface area (Å²) in [6.07, 6.45) is 8.94. The number of allylic oxidation sites excluding steroid dienone is 2. The van der Waals surface area contributed by atoms with Crippen molar-refractivity contribution in [1.82, 2.24) is 10.3 Å². The quantitative estimate of drug-likeness (QED) is 0.356. The molecule has 162 valence electrons. The average Bonchev–Trinajstić information content (AvgIpc) is 2.81. The zero-order chi connectivity index (χ0) is 22.2. The molecule has 1 aromatic heterocycles. The van der Waals surface area contributed by atoms with Crippen molar-refractivity contribution in [2.75, 3.05) is 29.9 Å². The highest BCUT2D eigenvalue weighted by Gasteiger charge is 2.16. The van der Waals surface area contributed by atoms with E-state index >= 15 is 0 Å². The van der Waals surface area contributed by atoms with Crippen molar-refractivity contribution >= 4 is 35.5 Å². The third-order valence-electron chi connectivity index (χ3n) is 5.36. The molecule has 1 atom stereocenters. The van der Waals surface area contributed by atoms with Crippen LogP contribution in [0.2, 0.25) is 5.02 Å². The van der Waals surface area contributed by atoms with Gasteiger partial charge >= 0.3 is 0 Å². The molecule has 3 rings (SSSR count). The maximum Gasteiger partial charge on any atom is 0.175 e. The van der Waals surface area contributed by atoms with E-state index in [1.165, 1.54) is 11.3 Å². The Bertz CT molecular complexity index is 978. The van der Waals surface area contributed by atoms with Crippen LogP contribution in [-0.4, -0.2) is 37.4 Å². The number of dihydropyridines is 1. The van der Waals surface area contributed by atoms with E-state index in [2.05, 4.69) is 65.9 Å². The largest absolute Gasteiger partial charge is 0.387 e. The van der Waals surface area contributed by atoms with Crippen molar-refractivity contribution in [2.24, 2.45) is 4.99 Å². The minimum absolute atomic E-state index is 0.108. The maximum absolute atomic E-state index is 6.64. The van der Waals surface area contributed by atoms with Crippen LogP contribution in [0.3, 0.4) is 0 Å². The lowest BCUT2D eigenvalue weighted by atomic mass is 10.1. The molecule has 0 radical (unpaired) electrons. The number of halogens is 1. The van der Waals surface area contributed by atoms with Gasteiger partial charge in [0.05, 0.1) is 16.4 Å². The molecule has 1 unspecified atom stereocenters. The van der Waals surface area contributed by atoms with Crippen LogP contribution in [0.4, 0.5) is 17.2 Å². The minimum atomic E-state index is 0.108. The lowest BCUT2D eigenvalue weighted by Gasteiger charge is -2.23. The Morgan fingerprint density at radius 2 is 2.13 bits per heavy atom. The molecular formula is C25H30ClN5. The first-order valence-corrected chi connectivity index (χ1v) is 10.9. The summed E-state index contributed by atoms with van der Waals surface area (Å²) in [5.41, 5.74) is 4.82. The van der Waals surface area contributed by atoms with Gasteiger partial charge in [-0.25, -0.2) is 9.98 Å². The molecule has 0 aliphatic carbocycles. The van der Waals surface area contributed by atoms with Crippen LogP contribution in [0.15, 0.2) is 71.9 Å². The van der Waals surface area contributed by atoms with Crippen molar-refractivity contribution in [3.63, 3.8) is 0 Å². The van der Waals surface area contributed by atoms with Gasteiger partial charge in [0.2, 0.25) is 0 Å². The summed E-state index contributed by atoms with van der Waals surface area (Å²) in [5.74, 6) is 0.538. The van der Waals surface area contributed by atoms with E-state index in [9.17, 15) is 0 Å². The first-order chi connectivity index (χ1) is 15.1. The number of nitrogens with zero attached hydrogens (tertiary/aromatic N) is 3. The molecule has 0 saturated carbocycles. The van der Waals surface area contributed by atoms with Crippen molar-refractivity contribution < 1.29 is 0 Å². The molecule has 0 fully saturated rings. The number of hydrogen-bond donors (Lipinski definition) is 2. The van der Waals surface area contributed by atoms with Crippen LogP contribution in [0.5, 0.6) is 0 Å². The number of rotatable bonds is 10. The van der Waals surface area contributed by atoms with Gasteiger partial charge in [-0.05, 0) is 63.0 Å². The fraction of sp³-hybridized carbons (Fsp3) is 0.280. The van der Waals surface area contributed by atoms with Crippen LogP contribution in [0, 0.1) is 0 Å². The number of nitrogens with one attached hydrogen (secondary N) is 2. The van der Waals surface area contributed by atoms with Crippen molar-refractivity contribution in [3.05, 3.63) is 71.9 Å². The fourth-order valence-electron chi connectivity index (χ4n) is 3.55. The van der Waals surface area contributed by atoms with Crippen LogP contribution >= 0.6 is 11.6 Å². The van der Waals surface area contributed by atoms with E-state index in [1.54, 1.807) is 0 Å². The van der Waals surface area contributed by atoms with E-state index in [1.807, 2.05) is 36.6 Å². The Morgan fingerprint density at radius 1 is 1.35 bits per heavy atom. The molecule has 1 aromatic carbocycles. The zero-order valence-corrected chi connectivity index (χ0v) is 19.0. The highest BCUT2D eigenvalue weighted by atomic mass is 35.5. The number of aliphatic imine (C=N–C) groups is 1. The Balaban J connectivity index is 1.84. The van der Waals surface area contributed by atoms with Gasteiger partial charge in [0.1, 0.15) is 0 Å². The van der Waals surface area contributed by atoms with Crippen LogP contribution in [0.25, 0.3) is 11.3 Å². The standard InChI is InChI=1S/C25H30ClN5/c1-5-7-15-31(6-2)21-12-10-19(11-13-21)24-22(26)16-23(25(27-4)30-24)29-18(3)20-9-8-14-28-17-20/h5,8-14,16,18,28-29H,1,4,6-7,15,17H2,2-3H3. The third kappa shape index (κ3) is 5.56. The highest BCUT2D eigenvalue weighted by Crippen LogP contribution is 2.35. The lowest BCUT2D eigenvalue weighted by Crippen LogP contribution is -2.26. The summed E-state index contributed by atoms with van der Waals surface area (Å²) in [6, 6.07) is 10.3. The van der Waals surface area contributed by atoms with Crippen LogP contribution in [-0.2, 0) is 0 Å². The van der Waals surface area contributed by atoms with Gasteiger partial charge in [-0.3, -0.25) is 0 Å². The predicted octanol–water partition coefficient (Wildman–Crippen LogP) is 5.98. The van der Waals surface area contributed by atoms with Crippen LogP contribution in [0.1, 0.15) is 20.3 Å². The number of anilines is 2. The Kier molecular flexibility index (Phi) is 7.90. The molecule has 2 aromatic rings. The summed E-state index contributed by atoms with van der Waals surface area (Å²) in [5, 5.41) is 7.26. The second kappa shape index (κ2) is 10.8. The molecule has 0 saturated heterocycles. The molecule has 5 nitrogen and oxygen atoms in total. The SMILES string of the molecule is C=CCCN(CC)c1ccc(-c2nc(N=C)c(NC(C)C3=CC=CNC3)cc2Cl)cc1. The number of aromatic nitrogens is 1. The fourth-order valence-corrected chi connectivity index (χ4v) is 3.81. The Morgan fingerprint density at radius 3 is 2.74 bits per heavy atom. The first kappa shape index (κ1) is 22.6. The van der Waals surface area contributed by atoms with Crippen molar-refractivity contribution in [1.29, 1.82) is 0 Å². The molecule has 0 amide bonds. The van der Waals surface area contributed by atoms with Gasteiger partial charge in [-0.2, -0.15) is 0 Å². The van der Waals surface area contributed by atoms with Gasteiger partial charge < -0.3 is 15.5 Å². The van der Waals surface area contributed by atoms with Gasteiger partial charge in [-0.15, -0.1) is 6.58 Å². The normalized spacial score (nSPS) is 13.7. The Labute approximate surface area is 190 Å². The number of pyridine rings is 1. The molecule has 0 spiro atoms. The van der Waals surface area contributed by atoms with E-state index in [4.69, 9.17) is 16.6 Å². The zero-order valence-electron chi connectivity index (χ0n) is 18.2. The maximum atomic E-state index is 6.64. The summed E-state index contributed by atoms with van der Waals surface area (Å²) in [4.78, 5) is 11.2. The minimum Gasteiger partial charge on any atom is -0.387 e. The van der Waals surface area contributed by atoms with Gasteiger partial charge in [-0.1, -0.05) is 35.9 Å². The third-order valence-corrected chi connectivity index (χ3v) is 5.64. The topological polar surface area (TPSA) is 52.6 Å². The smallest absolute Gasteiger partial charge is 0.175 e. The Hall–Kier alpha value is -3.05. The molecule has 6 heteroatoms. The number of benzene rings is 1. The lowest BCUT2D eigenvalue weighted by molar-refractivity contribution is 0.813. The summed E-state index contributed by atoms with van der Waals surface area (Å²) in [7, 11) is 0. The molecule has 0 bridgehead atoms. The van der Waals surface area contributed by atoms with Crippen LogP contribution < -0.4 is 15.5 Å². The monoisotopic (exact) mass is 435 g/mol. The molecular weight excluding hydrogens is 406 g/mol. The van der Waals surface area contributed by atoms with E-state index in [-0.39, 0.29) is 6.04 Å². The summed E-state index contributed by atoms with van der Waals surface area (Å²) >= 11 is 6.64. The molecule has 1 aliphatic heterocycles. The highest BCUT2D eigenvalue weighted by molar-refractivity contribution is 6.33. The summed E-state index contributed by atoms with van der Waals surface area (Å²) < 4.78 is 0. The number of hydrogen-bond acceptors (Lipinski definition) is 5. The molecule has 31 heavy (non-hydrogen) atoms. The first-order valence-electron chi connectivity index (χ1n) is 10.6. The molecule has 2 heterocycles. The molecule has 2 N–H and O–H groups in total. The van der Waals surface area contributed by atoms with Gasteiger partial charge in [0.15, 0.2) is 5.82 Å². The van der Waals surface area contributed by atoms with E-state index in [0.29, 0.717) is 16.5 Å². The van der Waals surface area contributed by atoms with Crippen molar-refractivity contribution in [2.45, 2.75) is 26.3 Å². The second-order valence-corrected chi connectivity index (χ2v) is 7.81. The van der Waals surface area contributed by atoms with Crippen molar-refractivity contribution in [3.8, 4) is 11.3 Å². The molecule has 1 aliphatic rings. The average molecular weight is 436 g/mol. The summed E-state index contributed by atoms with van der Waals surface area (Å²) in [6.45, 7) is 14.5. The second-order valence-electron chi connectivity index (χ2n) is 7.40.